The van der Waals surface area contributed by atoms with Crippen molar-refractivity contribution in [3.63, 3.8) is 0 Å². The largest absolute Gasteiger partial charge is 0.312 e. The topological polar surface area (TPSA) is 76.3 Å². The van der Waals surface area contributed by atoms with Gasteiger partial charge >= 0.3 is 5.69 Å². The third-order valence-corrected chi connectivity index (χ3v) is 3.85. The third-order valence-electron chi connectivity index (χ3n) is 3.01. The highest BCUT2D eigenvalue weighted by atomic mass is 35.5. The lowest BCUT2D eigenvalue weighted by Gasteiger charge is -2.21. The lowest BCUT2D eigenvalue weighted by Crippen LogP contribution is -2.32. The van der Waals surface area contributed by atoms with E-state index in [2.05, 4.69) is 4.98 Å². The molecule has 0 atom stereocenters. The maximum Gasteiger partial charge on any atom is 0.312 e. The molecule has 0 saturated heterocycles. The zero-order chi connectivity index (χ0) is 17.1. The smallest absolute Gasteiger partial charge is 0.287 e. The van der Waals surface area contributed by atoms with Gasteiger partial charge in [0.1, 0.15) is 5.15 Å². The number of anilines is 1. The molecule has 6 nitrogen and oxygen atoms in total. The van der Waals surface area contributed by atoms with Crippen molar-refractivity contribution in [2.45, 2.75) is 6.92 Å². The van der Waals surface area contributed by atoms with Crippen molar-refractivity contribution in [2.24, 2.45) is 0 Å². The monoisotopic (exact) mass is 373 g/mol. The number of benzene rings is 1. The Kier molecular flexibility index (Phi) is 5.41. The molecule has 1 aromatic carbocycles. The first kappa shape index (κ1) is 17.5. The van der Waals surface area contributed by atoms with E-state index in [-0.39, 0.29) is 38.8 Å². The van der Waals surface area contributed by atoms with Crippen LogP contribution in [-0.4, -0.2) is 22.4 Å². The fourth-order valence-corrected chi connectivity index (χ4v) is 2.69. The number of hydrogen-bond acceptors (Lipinski definition) is 4. The van der Waals surface area contributed by atoms with Crippen LogP contribution in [0.1, 0.15) is 17.3 Å². The van der Waals surface area contributed by atoms with Crippen molar-refractivity contribution in [1.82, 2.24) is 4.98 Å². The van der Waals surface area contributed by atoms with Gasteiger partial charge in [0.2, 0.25) is 5.82 Å². The summed E-state index contributed by atoms with van der Waals surface area (Å²) >= 11 is 17.9. The van der Waals surface area contributed by atoms with Crippen LogP contribution in [0.25, 0.3) is 0 Å². The van der Waals surface area contributed by atoms with Crippen LogP contribution in [-0.2, 0) is 0 Å². The standard InChI is InChI=1S/C14H10Cl3N3O3/c1-2-19(13-10(20(22)23)6-7-11(17)18-13)14(21)12-8(15)4-3-5-9(12)16/h3-7H,2H2,1H3. The summed E-state index contributed by atoms with van der Waals surface area (Å²) in [5.41, 5.74) is -0.290. The predicted octanol–water partition coefficient (Wildman–Crippen LogP) is 4.62. The van der Waals surface area contributed by atoms with Gasteiger partial charge in [-0.3, -0.25) is 19.8 Å². The van der Waals surface area contributed by atoms with Crippen molar-refractivity contribution in [3.8, 4) is 0 Å². The van der Waals surface area contributed by atoms with E-state index in [9.17, 15) is 14.9 Å². The summed E-state index contributed by atoms with van der Waals surface area (Å²) in [7, 11) is 0. The maximum atomic E-state index is 12.8. The number of aromatic nitrogens is 1. The molecule has 1 heterocycles. The highest BCUT2D eigenvalue weighted by Crippen LogP contribution is 2.32. The number of amides is 1. The zero-order valence-corrected chi connectivity index (χ0v) is 14.1. The number of halogens is 3. The van der Waals surface area contributed by atoms with Gasteiger partial charge in [-0.1, -0.05) is 40.9 Å². The van der Waals surface area contributed by atoms with Gasteiger partial charge in [0.15, 0.2) is 0 Å². The second kappa shape index (κ2) is 7.12. The van der Waals surface area contributed by atoms with Gasteiger partial charge in [-0.2, -0.15) is 0 Å². The van der Waals surface area contributed by atoms with Crippen LogP contribution in [0.15, 0.2) is 30.3 Å². The number of carbonyl (C=O) groups is 1. The van der Waals surface area contributed by atoms with Gasteiger partial charge in [0.25, 0.3) is 5.91 Å². The minimum Gasteiger partial charge on any atom is -0.287 e. The van der Waals surface area contributed by atoms with E-state index in [0.29, 0.717) is 0 Å². The number of nitrogens with zero attached hydrogens (tertiary/aromatic N) is 3. The molecule has 0 spiro atoms. The second-order valence-electron chi connectivity index (χ2n) is 4.38. The highest BCUT2D eigenvalue weighted by molar-refractivity contribution is 6.40. The van der Waals surface area contributed by atoms with Crippen molar-refractivity contribution >= 4 is 52.2 Å². The average molecular weight is 375 g/mol. The first-order chi connectivity index (χ1) is 10.9. The maximum absolute atomic E-state index is 12.8. The first-order valence-electron chi connectivity index (χ1n) is 6.43. The molecule has 1 aromatic heterocycles. The highest BCUT2D eigenvalue weighted by Gasteiger charge is 2.28. The molecule has 0 unspecified atom stereocenters. The summed E-state index contributed by atoms with van der Waals surface area (Å²) in [6, 6.07) is 7.08. The number of pyridine rings is 1. The Labute approximate surface area is 146 Å². The summed E-state index contributed by atoms with van der Waals surface area (Å²) in [4.78, 5) is 28.3. The molecule has 0 N–H and O–H groups in total. The Balaban J connectivity index is 2.59. The van der Waals surface area contributed by atoms with Crippen LogP contribution in [0.4, 0.5) is 11.5 Å². The number of hydrogen-bond donors (Lipinski definition) is 0. The summed E-state index contributed by atoms with van der Waals surface area (Å²) < 4.78 is 0. The summed E-state index contributed by atoms with van der Waals surface area (Å²) in [6.07, 6.45) is 0. The molecule has 23 heavy (non-hydrogen) atoms. The Morgan fingerprint density at radius 3 is 2.35 bits per heavy atom. The van der Waals surface area contributed by atoms with Gasteiger partial charge in [0, 0.05) is 12.6 Å². The summed E-state index contributed by atoms with van der Waals surface area (Å²) in [5.74, 6) is -0.757. The van der Waals surface area contributed by atoms with E-state index < -0.39 is 10.8 Å². The molecule has 1 amide bonds. The van der Waals surface area contributed by atoms with E-state index in [4.69, 9.17) is 34.8 Å². The van der Waals surface area contributed by atoms with Gasteiger partial charge in [-0.05, 0) is 25.1 Å². The van der Waals surface area contributed by atoms with Crippen LogP contribution in [0, 0.1) is 10.1 Å². The Morgan fingerprint density at radius 2 is 1.83 bits per heavy atom. The van der Waals surface area contributed by atoms with Gasteiger partial charge in [-0.15, -0.1) is 0 Å². The molecule has 0 radical (unpaired) electrons. The molecular weight excluding hydrogens is 365 g/mol. The molecule has 0 aliphatic rings. The Morgan fingerprint density at radius 1 is 1.22 bits per heavy atom. The number of carbonyl (C=O) groups excluding carboxylic acids is 1. The normalized spacial score (nSPS) is 10.4. The number of nitro groups is 1. The molecule has 0 aliphatic heterocycles. The van der Waals surface area contributed by atoms with Gasteiger partial charge in [0.05, 0.1) is 20.5 Å². The van der Waals surface area contributed by atoms with Gasteiger partial charge < -0.3 is 0 Å². The van der Waals surface area contributed by atoms with E-state index in [1.165, 1.54) is 24.3 Å². The average Bonchev–Trinajstić information content (AvgIpc) is 2.47. The van der Waals surface area contributed by atoms with Crippen LogP contribution in [0.3, 0.4) is 0 Å². The molecule has 0 aliphatic carbocycles. The first-order valence-corrected chi connectivity index (χ1v) is 7.57. The molecule has 9 heteroatoms. The molecule has 0 bridgehead atoms. The van der Waals surface area contributed by atoms with Crippen LogP contribution < -0.4 is 4.90 Å². The SMILES string of the molecule is CCN(C(=O)c1c(Cl)cccc1Cl)c1nc(Cl)ccc1[N+](=O)[O-]. The minimum absolute atomic E-state index is 0.0297. The van der Waals surface area contributed by atoms with E-state index in [0.717, 1.165) is 4.90 Å². The molecule has 0 fully saturated rings. The quantitative estimate of drug-likeness (QED) is 0.444. The fourth-order valence-electron chi connectivity index (χ4n) is 1.99. The van der Waals surface area contributed by atoms with Crippen molar-refractivity contribution in [2.75, 3.05) is 11.4 Å². The third kappa shape index (κ3) is 3.55. The number of rotatable bonds is 4. The molecular formula is C14H10Cl3N3O3. The summed E-state index contributed by atoms with van der Waals surface area (Å²) in [6.45, 7) is 1.77. The Hall–Kier alpha value is -1.89. The van der Waals surface area contributed by atoms with Crippen LogP contribution >= 0.6 is 34.8 Å². The zero-order valence-electron chi connectivity index (χ0n) is 11.8. The van der Waals surface area contributed by atoms with E-state index >= 15 is 0 Å². The van der Waals surface area contributed by atoms with Crippen molar-refractivity contribution in [3.05, 3.63) is 61.2 Å². The van der Waals surface area contributed by atoms with Crippen LogP contribution in [0.5, 0.6) is 0 Å². The van der Waals surface area contributed by atoms with Crippen molar-refractivity contribution < 1.29 is 9.72 Å². The molecule has 2 rings (SSSR count). The fraction of sp³-hybridized carbons (Fsp3) is 0.143. The minimum atomic E-state index is -0.636. The lowest BCUT2D eigenvalue weighted by molar-refractivity contribution is -0.384. The summed E-state index contributed by atoms with van der Waals surface area (Å²) in [5, 5.41) is 11.5. The van der Waals surface area contributed by atoms with Crippen molar-refractivity contribution in [1.29, 1.82) is 0 Å². The van der Waals surface area contributed by atoms with Crippen LogP contribution in [0.2, 0.25) is 15.2 Å². The van der Waals surface area contributed by atoms with E-state index in [1.54, 1.807) is 13.0 Å². The molecule has 120 valence electrons. The predicted molar refractivity (Wildman–Crippen MR) is 89.7 cm³/mol. The van der Waals surface area contributed by atoms with Gasteiger partial charge in [-0.25, -0.2) is 4.98 Å². The molecule has 0 saturated carbocycles. The van der Waals surface area contributed by atoms with E-state index in [1.807, 2.05) is 0 Å². The molecule has 2 aromatic rings. The second-order valence-corrected chi connectivity index (χ2v) is 5.58. The Bertz CT molecular complexity index is 763. The lowest BCUT2D eigenvalue weighted by atomic mass is 10.2.